The predicted molar refractivity (Wildman–Crippen MR) is 35.7 cm³/mol. The fourth-order valence-electron chi connectivity index (χ4n) is 1.28. The number of nitrogens with zero attached hydrogens (tertiary/aromatic N) is 1. The number of methoxy groups -OCH3 is 1. The second-order valence-electron chi connectivity index (χ2n) is 2.71. The molecule has 1 saturated heterocycles. The highest BCUT2D eigenvalue weighted by atomic mass is 16.5. The van der Waals surface area contributed by atoms with E-state index in [1.165, 1.54) is 0 Å². The summed E-state index contributed by atoms with van der Waals surface area (Å²) >= 11 is 0. The topological polar surface area (TPSA) is 38.5 Å². The Bertz CT molecular complexity index is 97.1. The van der Waals surface area contributed by atoms with Crippen molar-refractivity contribution in [2.24, 2.45) is 11.8 Å². The molecule has 0 spiro atoms. The van der Waals surface area contributed by atoms with E-state index < -0.39 is 0 Å². The van der Waals surface area contributed by atoms with Crippen molar-refractivity contribution in [3.63, 3.8) is 0 Å². The van der Waals surface area contributed by atoms with Crippen molar-refractivity contribution in [1.29, 1.82) is 0 Å². The van der Waals surface area contributed by atoms with Gasteiger partial charge in [-0.1, -0.05) is 6.92 Å². The molecule has 3 nitrogen and oxygen atoms in total. The van der Waals surface area contributed by atoms with Gasteiger partial charge in [0.2, 0.25) is 0 Å². The summed E-state index contributed by atoms with van der Waals surface area (Å²) in [7, 11) is 1.74. The van der Waals surface area contributed by atoms with Crippen LogP contribution < -0.4 is 5.84 Å². The first kappa shape index (κ1) is 6.99. The molecule has 0 radical (unpaired) electrons. The number of ether oxygens (including phenoxy) is 1. The van der Waals surface area contributed by atoms with Crippen LogP contribution in [0.2, 0.25) is 0 Å². The van der Waals surface area contributed by atoms with E-state index in [1.807, 2.05) is 0 Å². The van der Waals surface area contributed by atoms with Crippen molar-refractivity contribution in [2.75, 3.05) is 20.2 Å². The highest BCUT2D eigenvalue weighted by Gasteiger charge is 2.26. The van der Waals surface area contributed by atoms with Gasteiger partial charge in [-0.15, -0.1) is 0 Å². The molecule has 2 atom stereocenters. The minimum Gasteiger partial charge on any atom is -0.380 e. The zero-order valence-corrected chi connectivity index (χ0v) is 6.00. The zero-order chi connectivity index (χ0) is 6.85. The summed E-state index contributed by atoms with van der Waals surface area (Å²) in [6.45, 7) is 3.98. The van der Waals surface area contributed by atoms with Gasteiger partial charge in [-0.2, -0.15) is 0 Å². The average molecular weight is 130 g/mol. The lowest BCUT2D eigenvalue weighted by atomic mass is 10.1. The minimum atomic E-state index is 0.343. The Labute approximate surface area is 55.7 Å². The average Bonchev–Trinajstić information content (AvgIpc) is 2.10. The van der Waals surface area contributed by atoms with Crippen LogP contribution in [0.1, 0.15) is 6.92 Å². The van der Waals surface area contributed by atoms with Crippen molar-refractivity contribution in [1.82, 2.24) is 5.01 Å². The fourth-order valence-corrected chi connectivity index (χ4v) is 1.28. The van der Waals surface area contributed by atoms with Crippen LogP contribution in [0.4, 0.5) is 0 Å². The normalized spacial score (nSPS) is 37.7. The Kier molecular flexibility index (Phi) is 2.05. The van der Waals surface area contributed by atoms with Gasteiger partial charge < -0.3 is 4.74 Å². The summed E-state index contributed by atoms with van der Waals surface area (Å²) in [5.41, 5.74) is 0. The van der Waals surface area contributed by atoms with E-state index in [-0.39, 0.29) is 0 Å². The van der Waals surface area contributed by atoms with E-state index >= 15 is 0 Å². The Balaban J connectivity index is 2.38. The molecule has 0 aliphatic carbocycles. The van der Waals surface area contributed by atoms with Gasteiger partial charge in [-0.05, 0) is 5.92 Å². The summed E-state index contributed by atoms with van der Waals surface area (Å²) in [6.07, 6.45) is 0.343. The lowest BCUT2D eigenvalue weighted by Gasteiger charge is -2.09. The molecule has 2 N–H and O–H groups in total. The van der Waals surface area contributed by atoms with Crippen molar-refractivity contribution in [3.05, 3.63) is 0 Å². The van der Waals surface area contributed by atoms with E-state index in [9.17, 15) is 0 Å². The Morgan fingerprint density at radius 2 is 2.22 bits per heavy atom. The molecular weight excluding hydrogens is 116 g/mol. The molecule has 0 aromatic heterocycles. The zero-order valence-electron chi connectivity index (χ0n) is 6.00. The van der Waals surface area contributed by atoms with Gasteiger partial charge in [0.05, 0.1) is 6.10 Å². The van der Waals surface area contributed by atoms with E-state index in [0.717, 1.165) is 13.1 Å². The molecular formula is C6H14N2O. The summed E-state index contributed by atoms with van der Waals surface area (Å²) < 4.78 is 5.17. The molecule has 0 aromatic carbocycles. The molecule has 0 bridgehead atoms. The number of hydrazine groups is 1. The molecule has 1 rings (SSSR count). The molecule has 0 aromatic rings. The minimum absolute atomic E-state index is 0.343. The maximum Gasteiger partial charge on any atom is 0.0750 e. The molecule has 1 aliphatic rings. The Hall–Kier alpha value is -0.120. The van der Waals surface area contributed by atoms with Crippen molar-refractivity contribution in [3.8, 4) is 0 Å². The van der Waals surface area contributed by atoms with E-state index in [0.29, 0.717) is 12.0 Å². The van der Waals surface area contributed by atoms with Crippen LogP contribution in [0.5, 0.6) is 0 Å². The lowest BCUT2D eigenvalue weighted by molar-refractivity contribution is 0.0838. The van der Waals surface area contributed by atoms with Crippen LogP contribution >= 0.6 is 0 Å². The highest BCUT2D eigenvalue weighted by Crippen LogP contribution is 2.14. The van der Waals surface area contributed by atoms with E-state index in [1.54, 1.807) is 12.1 Å². The SMILES string of the molecule is CO[C@@H]1CN(N)C[C@H]1C. The summed E-state index contributed by atoms with van der Waals surface area (Å²) in [4.78, 5) is 0. The molecule has 0 saturated carbocycles. The summed E-state index contributed by atoms with van der Waals surface area (Å²) in [6, 6.07) is 0. The molecule has 1 heterocycles. The first-order valence-electron chi connectivity index (χ1n) is 3.26. The van der Waals surface area contributed by atoms with Crippen molar-refractivity contribution < 1.29 is 4.74 Å². The van der Waals surface area contributed by atoms with Crippen LogP contribution in [0.15, 0.2) is 0 Å². The fraction of sp³-hybridized carbons (Fsp3) is 1.00. The molecule has 0 amide bonds. The molecule has 1 fully saturated rings. The monoisotopic (exact) mass is 130 g/mol. The standard InChI is InChI=1S/C6H14N2O/c1-5-3-8(7)4-6(5)9-2/h5-6H,3-4,7H2,1-2H3/t5-,6-/m1/s1. The quantitative estimate of drug-likeness (QED) is 0.501. The third kappa shape index (κ3) is 1.41. The van der Waals surface area contributed by atoms with Crippen molar-refractivity contribution >= 4 is 0 Å². The number of hydrogen-bond acceptors (Lipinski definition) is 3. The van der Waals surface area contributed by atoms with E-state index in [2.05, 4.69) is 6.92 Å². The summed E-state index contributed by atoms with van der Waals surface area (Å²) in [5, 5.41) is 1.80. The maximum atomic E-state index is 5.54. The number of hydrogen-bond donors (Lipinski definition) is 1. The lowest BCUT2D eigenvalue weighted by Crippen LogP contribution is -2.29. The van der Waals surface area contributed by atoms with E-state index in [4.69, 9.17) is 10.6 Å². The number of rotatable bonds is 1. The molecule has 9 heavy (non-hydrogen) atoms. The largest absolute Gasteiger partial charge is 0.380 e. The first-order valence-corrected chi connectivity index (χ1v) is 3.26. The molecule has 54 valence electrons. The van der Waals surface area contributed by atoms with Crippen LogP contribution in [0.3, 0.4) is 0 Å². The first-order chi connectivity index (χ1) is 4.24. The van der Waals surface area contributed by atoms with Gasteiger partial charge >= 0.3 is 0 Å². The maximum absolute atomic E-state index is 5.54. The molecule has 3 heteroatoms. The van der Waals surface area contributed by atoms with Gasteiger partial charge in [0.15, 0.2) is 0 Å². The molecule has 1 aliphatic heterocycles. The third-order valence-electron chi connectivity index (χ3n) is 1.87. The van der Waals surface area contributed by atoms with Crippen LogP contribution in [-0.4, -0.2) is 31.3 Å². The van der Waals surface area contributed by atoms with Crippen LogP contribution in [0.25, 0.3) is 0 Å². The highest BCUT2D eigenvalue weighted by molar-refractivity contribution is 4.78. The van der Waals surface area contributed by atoms with Crippen LogP contribution in [-0.2, 0) is 4.74 Å². The van der Waals surface area contributed by atoms with Crippen LogP contribution in [0, 0.1) is 5.92 Å². The Morgan fingerprint density at radius 1 is 1.56 bits per heavy atom. The second-order valence-corrected chi connectivity index (χ2v) is 2.71. The smallest absolute Gasteiger partial charge is 0.0750 e. The number of nitrogens with two attached hydrogens (primary N) is 1. The predicted octanol–water partition coefficient (Wildman–Crippen LogP) is -0.173. The van der Waals surface area contributed by atoms with Gasteiger partial charge in [-0.3, -0.25) is 5.84 Å². The van der Waals surface area contributed by atoms with Gasteiger partial charge in [0, 0.05) is 20.2 Å². The van der Waals surface area contributed by atoms with Crippen molar-refractivity contribution in [2.45, 2.75) is 13.0 Å². The van der Waals surface area contributed by atoms with Gasteiger partial charge in [0.25, 0.3) is 0 Å². The molecule has 0 unspecified atom stereocenters. The van der Waals surface area contributed by atoms with Gasteiger partial charge in [-0.25, -0.2) is 5.01 Å². The summed E-state index contributed by atoms with van der Waals surface area (Å²) in [5.74, 6) is 6.13. The van der Waals surface area contributed by atoms with Gasteiger partial charge in [0.1, 0.15) is 0 Å². The Morgan fingerprint density at radius 3 is 2.44 bits per heavy atom. The second kappa shape index (κ2) is 2.64. The third-order valence-corrected chi connectivity index (χ3v) is 1.87.